The van der Waals surface area contributed by atoms with E-state index in [0.29, 0.717) is 0 Å². The molecule has 0 amide bonds. The third-order valence-corrected chi connectivity index (χ3v) is 11.1. The van der Waals surface area contributed by atoms with Crippen LogP contribution >= 0.6 is 92.3 Å². The normalized spacial score (nSPS) is 11.2. The summed E-state index contributed by atoms with van der Waals surface area (Å²) >= 11 is 32.2. The highest BCUT2D eigenvalue weighted by Crippen LogP contribution is 2.37. The molecule has 4 nitrogen and oxygen atoms in total. The zero-order valence-corrected chi connectivity index (χ0v) is 38.8. The fourth-order valence-electron chi connectivity index (χ4n) is 6.53. The summed E-state index contributed by atoms with van der Waals surface area (Å²) < 4.78 is 0.772. The summed E-state index contributed by atoms with van der Waals surface area (Å²) in [5.41, 5.74) is 11.0. The van der Waals surface area contributed by atoms with Crippen molar-refractivity contribution in [3.05, 3.63) is 203 Å². The minimum Gasteiger partial charge on any atom is -0.311 e. The van der Waals surface area contributed by atoms with E-state index in [9.17, 15) is 0 Å². The standard InChI is InChI=1S/C48H34N4S2.2CHCl3/c1-5-13-37(14-6-1)51(38-15-7-2-8-16-38)41-27-21-35(22-28-41)25-31-47-49-43-33-46-44(34-45(43)53-47)50-48(54-46)32-26-36-23-29-42(30-24-36)52(39-17-9-3-10-18-39)40-19-11-4-12-20-40;2*2-1(3)4/h1-34H;2*1H/b31-25+,32-26+;;. The van der Waals surface area contributed by atoms with E-state index in [1.165, 1.54) is 0 Å². The smallest absolute Gasteiger partial charge is 0.180 e. The van der Waals surface area contributed by atoms with Crippen LogP contribution in [0.1, 0.15) is 21.1 Å². The molecular formula is C50H36Cl6N4S2. The predicted octanol–water partition coefficient (Wildman–Crippen LogP) is 18.2. The van der Waals surface area contributed by atoms with E-state index in [0.717, 1.165) is 75.7 Å². The van der Waals surface area contributed by atoms with Gasteiger partial charge >= 0.3 is 0 Å². The molecule has 9 aromatic rings. The summed E-state index contributed by atoms with van der Waals surface area (Å²) in [4.78, 5) is 14.4. The topological polar surface area (TPSA) is 32.3 Å². The Morgan fingerprint density at radius 3 is 0.887 bits per heavy atom. The summed E-state index contributed by atoms with van der Waals surface area (Å²) in [6.45, 7) is 0. The van der Waals surface area contributed by atoms with Crippen molar-refractivity contribution in [3.63, 3.8) is 0 Å². The van der Waals surface area contributed by atoms with Crippen molar-refractivity contribution in [2.24, 2.45) is 0 Å². The average Bonchev–Trinajstić information content (AvgIpc) is 3.88. The lowest BCUT2D eigenvalue weighted by molar-refractivity contribution is 1.28. The Kier molecular flexibility index (Phi) is 16.4. The number of para-hydroxylation sites is 4. The number of rotatable bonds is 10. The molecule has 0 radical (unpaired) electrons. The average molecular weight is 970 g/mol. The molecule has 9 rings (SSSR count). The summed E-state index contributed by atoms with van der Waals surface area (Å²) in [6.07, 6.45) is 8.47. The van der Waals surface area contributed by atoms with Crippen molar-refractivity contribution >= 4 is 171 Å². The number of hydrogen-bond acceptors (Lipinski definition) is 6. The largest absolute Gasteiger partial charge is 0.311 e. The molecule has 0 unspecified atom stereocenters. The minimum absolute atomic E-state index is 0.750. The Hall–Kier alpha value is -4.86. The highest BCUT2D eigenvalue weighted by atomic mass is 35.6. The maximum atomic E-state index is 4.95. The number of aromatic nitrogens is 2. The summed E-state index contributed by atoms with van der Waals surface area (Å²) in [5.74, 6) is 0. The van der Waals surface area contributed by atoms with Crippen LogP contribution in [0, 0.1) is 0 Å². The molecule has 2 aromatic heterocycles. The van der Waals surface area contributed by atoms with Gasteiger partial charge in [-0.25, -0.2) is 9.97 Å². The van der Waals surface area contributed by atoms with Crippen LogP contribution in [0.25, 0.3) is 44.7 Å². The molecule has 62 heavy (non-hydrogen) atoms. The van der Waals surface area contributed by atoms with Gasteiger partial charge in [0, 0.05) is 34.1 Å². The Morgan fingerprint density at radius 2 is 0.613 bits per heavy atom. The minimum atomic E-state index is -0.750. The molecule has 0 spiro atoms. The lowest BCUT2D eigenvalue weighted by atomic mass is 10.1. The molecule has 0 atom stereocenters. The third kappa shape index (κ3) is 12.6. The highest BCUT2D eigenvalue weighted by Gasteiger charge is 2.13. The maximum Gasteiger partial charge on any atom is 0.180 e. The first-order chi connectivity index (χ1) is 30.2. The third-order valence-electron chi connectivity index (χ3n) is 9.13. The lowest BCUT2D eigenvalue weighted by Crippen LogP contribution is -2.09. The highest BCUT2D eigenvalue weighted by molar-refractivity contribution is 7.21. The van der Waals surface area contributed by atoms with Gasteiger partial charge in [-0.15, -0.1) is 22.7 Å². The molecule has 7 aromatic carbocycles. The van der Waals surface area contributed by atoms with E-state index < -0.39 is 8.59 Å². The second kappa shape index (κ2) is 22.5. The van der Waals surface area contributed by atoms with E-state index in [1.54, 1.807) is 22.7 Å². The number of anilines is 6. The number of fused-ring (bicyclic) bond motifs is 2. The van der Waals surface area contributed by atoms with E-state index >= 15 is 0 Å². The number of nitrogens with zero attached hydrogens (tertiary/aromatic N) is 4. The number of hydrogen-bond donors (Lipinski definition) is 0. The van der Waals surface area contributed by atoms with Crippen molar-refractivity contribution in [2.45, 2.75) is 8.59 Å². The Balaban J connectivity index is 0.000000668. The van der Waals surface area contributed by atoms with Gasteiger partial charge in [-0.1, -0.05) is 179 Å². The maximum absolute atomic E-state index is 4.95. The molecule has 0 saturated carbocycles. The molecule has 0 aliphatic heterocycles. The van der Waals surface area contributed by atoms with Crippen molar-refractivity contribution in [1.29, 1.82) is 0 Å². The van der Waals surface area contributed by atoms with Gasteiger partial charge in [0.15, 0.2) is 8.59 Å². The van der Waals surface area contributed by atoms with E-state index in [4.69, 9.17) is 79.6 Å². The zero-order valence-electron chi connectivity index (χ0n) is 32.7. The Labute approximate surface area is 399 Å². The van der Waals surface area contributed by atoms with E-state index in [-0.39, 0.29) is 0 Å². The molecule has 0 fully saturated rings. The van der Waals surface area contributed by atoms with Crippen LogP contribution in [0.2, 0.25) is 0 Å². The molecule has 0 N–H and O–H groups in total. The van der Waals surface area contributed by atoms with Crippen LogP contribution in [0.15, 0.2) is 182 Å². The molecular weight excluding hydrogens is 933 g/mol. The molecule has 0 saturated heterocycles. The van der Waals surface area contributed by atoms with Gasteiger partial charge in [0.2, 0.25) is 0 Å². The fraction of sp³-hybridized carbons (Fsp3) is 0.0400. The van der Waals surface area contributed by atoms with E-state index in [2.05, 4.69) is 192 Å². The number of halogens is 6. The van der Waals surface area contributed by atoms with Gasteiger partial charge in [-0.2, -0.15) is 0 Å². The van der Waals surface area contributed by atoms with Crippen molar-refractivity contribution in [3.8, 4) is 0 Å². The first-order valence-corrected chi connectivity index (χ1v) is 23.4. The molecule has 310 valence electrons. The Morgan fingerprint density at radius 1 is 0.355 bits per heavy atom. The molecule has 2 heterocycles. The molecule has 0 aliphatic rings. The van der Waals surface area contributed by atoms with Crippen LogP contribution in [0.4, 0.5) is 34.1 Å². The van der Waals surface area contributed by atoms with Crippen LogP contribution in [-0.2, 0) is 0 Å². The van der Waals surface area contributed by atoms with Gasteiger partial charge in [-0.05, 0) is 108 Å². The predicted molar refractivity (Wildman–Crippen MR) is 276 cm³/mol. The number of thiazole rings is 2. The summed E-state index contributed by atoms with van der Waals surface area (Å²) in [5, 5.41) is 1.95. The van der Waals surface area contributed by atoms with Crippen LogP contribution in [-0.4, -0.2) is 18.6 Å². The SMILES string of the molecule is C(=C\c1nc2cc3sc(/C=C/c4ccc(N(c5ccccc5)c5ccccc5)cc4)nc3cc2s1)/c1ccc(N(c2ccccc2)c2ccccc2)cc1.ClC(Cl)Cl.ClC(Cl)Cl. The molecule has 0 bridgehead atoms. The first kappa shape index (κ1) is 45.2. The second-order valence-electron chi connectivity index (χ2n) is 13.2. The van der Waals surface area contributed by atoms with Crippen LogP contribution in [0.3, 0.4) is 0 Å². The van der Waals surface area contributed by atoms with Gasteiger partial charge in [0.1, 0.15) is 10.0 Å². The van der Waals surface area contributed by atoms with Gasteiger partial charge in [0.25, 0.3) is 0 Å². The summed E-state index contributed by atoms with van der Waals surface area (Å²) in [7, 11) is 0. The molecule has 0 aliphatic carbocycles. The van der Waals surface area contributed by atoms with Crippen molar-refractivity contribution < 1.29 is 0 Å². The zero-order chi connectivity index (χ0) is 43.3. The van der Waals surface area contributed by atoms with Crippen LogP contribution in [0.5, 0.6) is 0 Å². The number of alkyl halides is 6. The summed E-state index contributed by atoms with van der Waals surface area (Å²) in [6, 6.07) is 63.5. The number of benzene rings is 7. The fourth-order valence-corrected chi connectivity index (χ4v) is 8.30. The monoisotopic (exact) mass is 966 g/mol. The van der Waals surface area contributed by atoms with Crippen molar-refractivity contribution in [2.75, 3.05) is 9.80 Å². The lowest BCUT2D eigenvalue weighted by Gasteiger charge is -2.25. The molecule has 12 heteroatoms. The van der Waals surface area contributed by atoms with Crippen molar-refractivity contribution in [1.82, 2.24) is 9.97 Å². The van der Waals surface area contributed by atoms with E-state index in [1.807, 2.05) is 24.3 Å². The van der Waals surface area contributed by atoms with Crippen LogP contribution < -0.4 is 9.80 Å². The van der Waals surface area contributed by atoms with Gasteiger partial charge < -0.3 is 9.80 Å². The second-order valence-corrected chi connectivity index (χ2v) is 19.3. The quantitative estimate of drug-likeness (QED) is 0.128. The van der Waals surface area contributed by atoms with Gasteiger partial charge in [-0.3, -0.25) is 0 Å². The first-order valence-electron chi connectivity index (χ1n) is 19.1. The van der Waals surface area contributed by atoms with Gasteiger partial charge in [0.05, 0.1) is 20.4 Å². The Bertz CT molecular complexity index is 2490.